The molecule has 1 fully saturated rings. The number of hydrogen-bond acceptors (Lipinski definition) is 3. The fourth-order valence-corrected chi connectivity index (χ4v) is 2.32. The second-order valence-corrected chi connectivity index (χ2v) is 4.66. The minimum absolute atomic E-state index is 0.0611. The normalized spacial score (nSPS) is 16.2. The van der Waals surface area contributed by atoms with Crippen molar-refractivity contribution < 1.29 is 18.3 Å². The van der Waals surface area contributed by atoms with Gasteiger partial charge in [-0.15, -0.1) is 0 Å². The third-order valence-electron chi connectivity index (χ3n) is 2.81. The van der Waals surface area contributed by atoms with Gasteiger partial charge in [0.25, 0.3) is 0 Å². The molecule has 0 radical (unpaired) electrons. The monoisotopic (exact) mass is 303 g/mol. The van der Waals surface area contributed by atoms with Gasteiger partial charge in [0.1, 0.15) is 5.54 Å². The van der Waals surface area contributed by atoms with Crippen LogP contribution >= 0.6 is 15.9 Å². The van der Waals surface area contributed by atoms with Crippen LogP contribution in [0.3, 0.4) is 0 Å². The standard InChI is InChI=1S/C11H8BrF2NO2/c1-17-10-7(12)4-6(8(13)9(10)14)11(2-3-11)15-5-16/h4H,2-3H2,1H3. The summed E-state index contributed by atoms with van der Waals surface area (Å²) in [6.45, 7) is 0. The van der Waals surface area contributed by atoms with Crippen molar-refractivity contribution in [2.24, 2.45) is 4.99 Å². The summed E-state index contributed by atoms with van der Waals surface area (Å²) in [5.74, 6) is -2.30. The van der Waals surface area contributed by atoms with Crippen LogP contribution in [-0.2, 0) is 10.3 Å². The van der Waals surface area contributed by atoms with Crippen LogP contribution in [0, 0.1) is 11.6 Å². The third kappa shape index (κ3) is 1.87. The number of isocyanates is 1. The lowest BCUT2D eigenvalue weighted by molar-refractivity contribution is 0.365. The predicted octanol–water partition coefficient (Wildman–Crippen LogP) is 3.06. The summed E-state index contributed by atoms with van der Waals surface area (Å²) in [7, 11) is 1.25. The first-order valence-corrected chi connectivity index (χ1v) is 5.66. The molecule has 2 rings (SSSR count). The molecule has 1 aliphatic rings. The zero-order valence-corrected chi connectivity index (χ0v) is 10.5. The summed E-state index contributed by atoms with van der Waals surface area (Å²) in [6, 6.07) is 1.39. The maximum Gasteiger partial charge on any atom is 0.235 e. The van der Waals surface area contributed by atoms with E-state index < -0.39 is 17.2 Å². The van der Waals surface area contributed by atoms with E-state index in [0.29, 0.717) is 17.3 Å². The Bertz CT molecular complexity index is 523. The molecule has 0 unspecified atom stereocenters. The average molecular weight is 304 g/mol. The lowest BCUT2D eigenvalue weighted by atomic mass is 10.0. The Balaban J connectivity index is 2.61. The molecule has 0 aliphatic heterocycles. The zero-order chi connectivity index (χ0) is 12.6. The molecular formula is C11H8BrF2NO2. The van der Waals surface area contributed by atoms with E-state index in [1.807, 2.05) is 0 Å². The molecule has 1 aliphatic carbocycles. The molecule has 0 saturated heterocycles. The number of benzene rings is 1. The molecule has 1 aromatic carbocycles. The van der Waals surface area contributed by atoms with Crippen LogP contribution in [0.1, 0.15) is 18.4 Å². The Morgan fingerprint density at radius 1 is 1.47 bits per heavy atom. The second kappa shape index (κ2) is 4.20. The first kappa shape index (κ1) is 12.2. The predicted molar refractivity (Wildman–Crippen MR) is 59.6 cm³/mol. The van der Waals surface area contributed by atoms with Gasteiger partial charge in [-0.2, -0.15) is 9.38 Å². The Morgan fingerprint density at radius 3 is 2.59 bits per heavy atom. The van der Waals surface area contributed by atoms with Gasteiger partial charge in [-0.05, 0) is 34.8 Å². The molecule has 90 valence electrons. The average Bonchev–Trinajstić information content (AvgIpc) is 3.05. The molecule has 17 heavy (non-hydrogen) atoms. The van der Waals surface area contributed by atoms with E-state index in [1.54, 1.807) is 0 Å². The second-order valence-electron chi connectivity index (χ2n) is 3.80. The lowest BCUT2D eigenvalue weighted by Crippen LogP contribution is -2.09. The quantitative estimate of drug-likeness (QED) is 0.489. The molecule has 0 heterocycles. The molecule has 6 heteroatoms. The number of hydrogen-bond donors (Lipinski definition) is 0. The van der Waals surface area contributed by atoms with E-state index in [1.165, 1.54) is 19.3 Å². The van der Waals surface area contributed by atoms with E-state index in [4.69, 9.17) is 4.74 Å². The van der Waals surface area contributed by atoms with Gasteiger partial charge in [-0.1, -0.05) is 0 Å². The molecule has 1 saturated carbocycles. The van der Waals surface area contributed by atoms with E-state index in [9.17, 15) is 13.6 Å². The van der Waals surface area contributed by atoms with E-state index in [-0.39, 0.29) is 11.3 Å². The minimum atomic E-state index is -1.08. The molecule has 0 atom stereocenters. The number of ether oxygens (including phenoxy) is 1. The van der Waals surface area contributed by atoms with E-state index in [2.05, 4.69) is 20.9 Å². The Morgan fingerprint density at radius 2 is 2.12 bits per heavy atom. The van der Waals surface area contributed by atoms with Crippen molar-refractivity contribution >= 4 is 22.0 Å². The summed E-state index contributed by atoms with van der Waals surface area (Å²) in [5, 5.41) is 0. The number of halogens is 3. The van der Waals surface area contributed by atoms with Gasteiger partial charge in [0.05, 0.1) is 11.6 Å². The van der Waals surface area contributed by atoms with Crippen molar-refractivity contribution in [1.82, 2.24) is 0 Å². The van der Waals surface area contributed by atoms with Gasteiger partial charge in [0, 0.05) is 5.56 Å². The Labute approximate surface area is 105 Å². The number of carbonyl (C=O) groups excluding carboxylic acids is 1. The van der Waals surface area contributed by atoms with Crippen molar-refractivity contribution in [3.63, 3.8) is 0 Å². The van der Waals surface area contributed by atoms with Gasteiger partial charge < -0.3 is 4.74 Å². The van der Waals surface area contributed by atoms with Gasteiger partial charge in [0.2, 0.25) is 11.9 Å². The lowest BCUT2D eigenvalue weighted by Gasteiger charge is -2.13. The molecule has 0 aromatic heterocycles. The van der Waals surface area contributed by atoms with Crippen molar-refractivity contribution in [1.29, 1.82) is 0 Å². The summed E-state index contributed by atoms with van der Waals surface area (Å²) in [5.41, 5.74) is -0.882. The fraction of sp³-hybridized carbons (Fsp3) is 0.364. The zero-order valence-electron chi connectivity index (χ0n) is 8.89. The minimum Gasteiger partial charge on any atom is -0.492 e. The Hall–Kier alpha value is -1.26. The molecule has 0 amide bonds. The van der Waals surface area contributed by atoms with Crippen LogP contribution in [0.25, 0.3) is 0 Å². The molecule has 0 bridgehead atoms. The highest BCUT2D eigenvalue weighted by Crippen LogP contribution is 2.52. The summed E-state index contributed by atoms with van der Waals surface area (Å²) >= 11 is 3.09. The maximum absolute atomic E-state index is 13.8. The molecule has 0 N–H and O–H groups in total. The van der Waals surface area contributed by atoms with Gasteiger partial charge in [-0.3, -0.25) is 0 Å². The highest BCUT2D eigenvalue weighted by atomic mass is 79.9. The summed E-state index contributed by atoms with van der Waals surface area (Å²) in [6.07, 6.45) is 2.43. The third-order valence-corrected chi connectivity index (χ3v) is 3.39. The first-order chi connectivity index (χ1) is 8.05. The number of methoxy groups -OCH3 is 1. The topological polar surface area (TPSA) is 38.7 Å². The van der Waals surface area contributed by atoms with Crippen LogP contribution in [0.4, 0.5) is 8.78 Å². The van der Waals surface area contributed by atoms with Crippen LogP contribution in [-0.4, -0.2) is 13.2 Å². The molecular weight excluding hydrogens is 296 g/mol. The van der Waals surface area contributed by atoms with Crippen molar-refractivity contribution in [3.05, 3.63) is 27.7 Å². The summed E-state index contributed by atoms with van der Waals surface area (Å²) in [4.78, 5) is 13.9. The summed E-state index contributed by atoms with van der Waals surface area (Å²) < 4.78 is 32.5. The van der Waals surface area contributed by atoms with E-state index >= 15 is 0 Å². The molecule has 3 nitrogen and oxygen atoms in total. The van der Waals surface area contributed by atoms with Crippen LogP contribution < -0.4 is 4.74 Å². The number of aliphatic imine (C=N–C) groups is 1. The van der Waals surface area contributed by atoms with Crippen LogP contribution in [0.15, 0.2) is 15.5 Å². The number of rotatable bonds is 3. The largest absolute Gasteiger partial charge is 0.492 e. The molecule has 0 spiro atoms. The van der Waals surface area contributed by atoms with Gasteiger partial charge in [-0.25, -0.2) is 9.18 Å². The van der Waals surface area contributed by atoms with Crippen LogP contribution in [0.5, 0.6) is 5.75 Å². The maximum atomic E-state index is 13.8. The molecule has 1 aromatic rings. The van der Waals surface area contributed by atoms with Crippen molar-refractivity contribution in [2.45, 2.75) is 18.4 Å². The van der Waals surface area contributed by atoms with E-state index in [0.717, 1.165) is 0 Å². The number of nitrogens with zero attached hydrogens (tertiary/aromatic N) is 1. The van der Waals surface area contributed by atoms with Crippen molar-refractivity contribution in [2.75, 3.05) is 7.11 Å². The Kier molecular flexibility index (Phi) is 3.02. The SMILES string of the molecule is COc1c(Br)cc(C2(N=C=O)CC2)c(F)c1F. The van der Waals surface area contributed by atoms with Gasteiger partial charge >= 0.3 is 0 Å². The van der Waals surface area contributed by atoms with Crippen molar-refractivity contribution in [3.8, 4) is 5.75 Å². The first-order valence-electron chi connectivity index (χ1n) is 4.87. The van der Waals surface area contributed by atoms with Crippen LogP contribution in [0.2, 0.25) is 0 Å². The highest BCUT2D eigenvalue weighted by Gasteiger charge is 2.48. The van der Waals surface area contributed by atoms with Gasteiger partial charge in [0.15, 0.2) is 11.6 Å². The fourth-order valence-electron chi connectivity index (χ4n) is 1.75. The highest BCUT2D eigenvalue weighted by molar-refractivity contribution is 9.10. The smallest absolute Gasteiger partial charge is 0.235 e.